The maximum Gasteiger partial charge on any atom is 0.253 e. The summed E-state index contributed by atoms with van der Waals surface area (Å²) in [4.78, 5) is 16.6. The Morgan fingerprint density at radius 1 is 1.27 bits per heavy atom. The molecule has 0 saturated carbocycles. The Hall–Kier alpha value is -1.92. The van der Waals surface area contributed by atoms with E-state index in [1.54, 1.807) is 6.08 Å². The van der Waals surface area contributed by atoms with E-state index < -0.39 is 0 Å². The number of benzene rings is 1. The Balaban J connectivity index is 1.92. The number of thiocarbonyl (C=S) groups is 1. The fourth-order valence-electron chi connectivity index (χ4n) is 2.23. The molecule has 0 bridgehead atoms. The number of carbonyl (C=O) groups is 1. The van der Waals surface area contributed by atoms with Crippen LogP contribution in [-0.2, 0) is 0 Å². The monoisotopic (exact) mass is 318 g/mol. The van der Waals surface area contributed by atoms with E-state index in [0.29, 0.717) is 17.2 Å². The molecular formula is C16H22N4OS. The lowest BCUT2D eigenvalue weighted by molar-refractivity contribution is 0.0664. The molecule has 1 saturated heterocycles. The largest absolute Gasteiger partial charge is 0.359 e. The van der Waals surface area contributed by atoms with Gasteiger partial charge in [-0.25, -0.2) is 0 Å². The van der Waals surface area contributed by atoms with E-state index in [2.05, 4.69) is 29.2 Å². The predicted octanol–water partition coefficient (Wildman–Crippen LogP) is 1.55. The molecule has 0 radical (unpaired) electrons. The molecule has 2 N–H and O–H groups in total. The van der Waals surface area contributed by atoms with Crippen molar-refractivity contribution in [2.45, 2.75) is 0 Å². The van der Waals surface area contributed by atoms with Crippen LogP contribution in [0.15, 0.2) is 36.9 Å². The van der Waals surface area contributed by atoms with Crippen molar-refractivity contribution < 1.29 is 4.79 Å². The van der Waals surface area contributed by atoms with E-state index in [1.165, 1.54) is 0 Å². The van der Waals surface area contributed by atoms with Gasteiger partial charge in [0, 0.05) is 44.0 Å². The average molecular weight is 318 g/mol. The third-order valence-corrected chi connectivity index (χ3v) is 3.83. The molecule has 1 aromatic carbocycles. The first-order valence-electron chi connectivity index (χ1n) is 7.34. The van der Waals surface area contributed by atoms with Crippen molar-refractivity contribution in [3.05, 3.63) is 42.5 Å². The highest BCUT2D eigenvalue weighted by Crippen LogP contribution is 2.13. The number of nitrogens with zero attached hydrogens (tertiary/aromatic N) is 2. The van der Waals surface area contributed by atoms with Gasteiger partial charge in [-0.05, 0) is 43.5 Å². The molecule has 0 aromatic heterocycles. The van der Waals surface area contributed by atoms with Crippen molar-refractivity contribution in [3.63, 3.8) is 0 Å². The van der Waals surface area contributed by atoms with Gasteiger partial charge in [-0.2, -0.15) is 0 Å². The van der Waals surface area contributed by atoms with E-state index in [0.717, 1.165) is 31.9 Å². The first-order chi connectivity index (χ1) is 10.6. The summed E-state index contributed by atoms with van der Waals surface area (Å²) in [7, 11) is 2.07. The quantitative estimate of drug-likeness (QED) is 0.651. The Bertz CT molecular complexity index is 536. The zero-order valence-corrected chi connectivity index (χ0v) is 13.7. The van der Waals surface area contributed by atoms with Crippen molar-refractivity contribution in [2.75, 3.05) is 45.1 Å². The topological polar surface area (TPSA) is 47.6 Å². The summed E-state index contributed by atoms with van der Waals surface area (Å²) in [6, 6.07) is 7.40. The number of hydrogen-bond donors (Lipinski definition) is 2. The molecule has 1 aliphatic heterocycles. The third-order valence-electron chi connectivity index (χ3n) is 3.59. The maximum absolute atomic E-state index is 12.4. The first-order valence-corrected chi connectivity index (χ1v) is 7.74. The number of carbonyl (C=O) groups excluding carboxylic acids is 1. The van der Waals surface area contributed by atoms with Crippen molar-refractivity contribution in [1.29, 1.82) is 0 Å². The highest BCUT2D eigenvalue weighted by atomic mass is 32.1. The lowest BCUT2D eigenvalue weighted by atomic mass is 10.1. The number of likely N-dealkylation sites (N-methyl/N-ethyl adjacent to an activating group) is 1. The molecule has 1 amide bonds. The van der Waals surface area contributed by atoms with Gasteiger partial charge < -0.3 is 20.4 Å². The van der Waals surface area contributed by atoms with Gasteiger partial charge in [0.25, 0.3) is 5.91 Å². The fraction of sp³-hybridized carbons (Fsp3) is 0.375. The van der Waals surface area contributed by atoms with E-state index in [4.69, 9.17) is 12.2 Å². The van der Waals surface area contributed by atoms with E-state index >= 15 is 0 Å². The molecule has 0 atom stereocenters. The summed E-state index contributed by atoms with van der Waals surface area (Å²) >= 11 is 5.15. The molecule has 1 aliphatic rings. The summed E-state index contributed by atoms with van der Waals surface area (Å²) < 4.78 is 0. The van der Waals surface area contributed by atoms with Gasteiger partial charge in [0.1, 0.15) is 0 Å². The molecule has 118 valence electrons. The van der Waals surface area contributed by atoms with Gasteiger partial charge in [-0.15, -0.1) is 6.58 Å². The Morgan fingerprint density at radius 3 is 2.50 bits per heavy atom. The average Bonchev–Trinajstić information content (AvgIpc) is 2.54. The van der Waals surface area contributed by atoms with Crippen molar-refractivity contribution in [3.8, 4) is 0 Å². The number of rotatable bonds is 4. The third kappa shape index (κ3) is 4.54. The van der Waals surface area contributed by atoms with Gasteiger partial charge in [-0.1, -0.05) is 6.08 Å². The zero-order valence-electron chi connectivity index (χ0n) is 12.8. The molecule has 0 aliphatic carbocycles. The van der Waals surface area contributed by atoms with Crippen LogP contribution in [0.5, 0.6) is 0 Å². The minimum Gasteiger partial charge on any atom is -0.359 e. The molecular weight excluding hydrogens is 296 g/mol. The van der Waals surface area contributed by atoms with Gasteiger partial charge in [0.2, 0.25) is 0 Å². The van der Waals surface area contributed by atoms with Crippen molar-refractivity contribution in [1.82, 2.24) is 15.1 Å². The van der Waals surface area contributed by atoms with Gasteiger partial charge in [0.15, 0.2) is 5.11 Å². The van der Waals surface area contributed by atoms with E-state index in [9.17, 15) is 4.79 Å². The van der Waals surface area contributed by atoms with Crippen LogP contribution in [0.4, 0.5) is 5.69 Å². The van der Waals surface area contributed by atoms with Crippen LogP contribution in [0.2, 0.25) is 0 Å². The minimum atomic E-state index is 0.0898. The SMILES string of the molecule is C=CCNC(=S)Nc1ccc(C(=O)N2CCN(C)CC2)cc1. The summed E-state index contributed by atoms with van der Waals surface area (Å²) in [5, 5.41) is 6.61. The standard InChI is InChI=1S/C16H22N4OS/c1-3-8-17-16(22)18-14-6-4-13(5-7-14)15(21)20-11-9-19(2)10-12-20/h3-7H,1,8-12H2,2H3,(H2,17,18,22). The Kier molecular flexibility index (Phi) is 5.91. The second-order valence-corrected chi connectivity index (χ2v) is 5.70. The lowest BCUT2D eigenvalue weighted by Gasteiger charge is -2.32. The second kappa shape index (κ2) is 7.91. The van der Waals surface area contributed by atoms with Crippen molar-refractivity contribution >= 4 is 28.9 Å². The number of amides is 1. The summed E-state index contributed by atoms with van der Waals surface area (Å²) in [5.41, 5.74) is 1.57. The molecule has 22 heavy (non-hydrogen) atoms. The highest BCUT2D eigenvalue weighted by Gasteiger charge is 2.20. The normalized spacial score (nSPS) is 15.2. The number of hydrogen-bond acceptors (Lipinski definition) is 3. The second-order valence-electron chi connectivity index (χ2n) is 5.30. The first kappa shape index (κ1) is 16.5. The van der Waals surface area contributed by atoms with Crippen LogP contribution in [0.25, 0.3) is 0 Å². The lowest BCUT2D eigenvalue weighted by Crippen LogP contribution is -2.47. The van der Waals surface area contributed by atoms with Gasteiger partial charge in [0.05, 0.1) is 0 Å². The molecule has 0 spiro atoms. The van der Waals surface area contributed by atoms with Crippen LogP contribution < -0.4 is 10.6 Å². The minimum absolute atomic E-state index is 0.0898. The van der Waals surface area contributed by atoms with Crippen LogP contribution in [-0.4, -0.2) is 60.6 Å². The van der Waals surface area contributed by atoms with Crippen LogP contribution >= 0.6 is 12.2 Å². The Labute approximate surface area is 137 Å². The molecule has 6 heteroatoms. The van der Waals surface area contributed by atoms with Gasteiger partial charge >= 0.3 is 0 Å². The zero-order chi connectivity index (χ0) is 15.9. The van der Waals surface area contributed by atoms with Crippen LogP contribution in [0.3, 0.4) is 0 Å². The smallest absolute Gasteiger partial charge is 0.253 e. The molecule has 5 nitrogen and oxygen atoms in total. The van der Waals surface area contributed by atoms with Gasteiger partial charge in [-0.3, -0.25) is 4.79 Å². The number of anilines is 1. The molecule has 1 heterocycles. The molecule has 1 fully saturated rings. The maximum atomic E-state index is 12.4. The molecule has 0 unspecified atom stereocenters. The fourth-order valence-corrected chi connectivity index (χ4v) is 2.43. The van der Waals surface area contributed by atoms with E-state index in [1.807, 2.05) is 29.2 Å². The molecule has 1 aromatic rings. The summed E-state index contributed by atoms with van der Waals surface area (Å²) in [6.45, 7) is 7.66. The van der Waals surface area contributed by atoms with Crippen molar-refractivity contribution in [2.24, 2.45) is 0 Å². The highest BCUT2D eigenvalue weighted by molar-refractivity contribution is 7.80. The summed E-state index contributed by atoms with van der Waals surface area (Å²) in [6.07, 6.45) is 1.74. The number of nitrogens with one attached hydrogen (secondary N) is 2. The Morgan fingerprint density at radius 2 is 1.91 bits per heavy atom. The van der Waals surface area contributed by atoms with Crippen LogP contribution in [0.1, 0.15) is 10.4 Å². The van der Waals surface area contributed by atoms with E-state index in [-0.39, 0.29) is 5.91 Å². The predicted molar refractivity (Wildman–Crippen MR) is 94.3 cm³/mol. The summed E-state index contributed by atoms with van der Waals surface area (Å²) in [5.74, 6) is 0.0898. The van der Waals surface area contributed by atoms with Crippen LogP contribution in [0, 0.1) is 0 Å². The molecule has 2 rings (SSSR count). The number of piperazine rings is 1.